The van der Waals surface area contributed by atoms with Crippen molar-refractivity contribution in [3.8, 4) is 0 Å². The van der Waals surface area contributed by atoms with Crippen LogP contribution in [0.25, 0.3) is 11.0 Å². The molecular formula is C20H23NO3S. The summed E-state index contributed by atoms with van der Waals surface area (Å²) in [6, 6.07) is 12.1. The number of furan rings is 1. The first kappa shape index (κ1) is 17.7. The minimum absolute atomic E-state index is 0.226. The number of carbonyl (C=O) groups is 1. The van der Waals surface area contributed by atoms with Crippen LogP contribution in [0.3, 0.4) is 0 Å². The van der Waals surface area contributed by atoms with E-state index in [0.717, 1.165) is 10.9 Å². The zero-order chi connectivity index (χ0) is 17.8. The standard InChI is InChI=1S/C20H23NO3S/c1-4-23-20(22)19-15(14-8-5-6-9-16(14)24-19)12-21-18(13(2)3)17-10-7-11-25-17/h5-11,13,18,21H,4,12H2,1-3H3/t18-/m0/s1. The highest BCUT2D eigenvalue weighted by molar-refractivity contribution is 7.10. The van der Waals surface area contributed by atoms with Crippen LogP contribution >= 0.6 is 11.3 Å². The molecule has 0 unspecified atom stereocenters. The average molecular weight is 357 g/mol. The van der Waals surface area contributed by atoms with E-state index in [2.05, 4.69) is 36.7 Å². The third-order valence-corrected chi connectivity index (χ3v) is 5.13. The predicted molar refractivity (Wildman–Crippen MR) is 101 cm³/mol. The van der Waals surface area contributed by atoms with Crippen LogP contribution in [-0.4, -0.2) is 12.6 Å². The highest BCUT2D eigenvalue weighted by Crippen LogP contribution is 2.30. The van der Waals surface area contributed by atoms with Gasteiger partial charge < -0.3 is 14.5 Å². The molecule has 0 fully saturated rings. The van der Waals surface area contributed by atoms with Crippen LogP contribution in [0.15, 0.2) is 46.2 Å². The number of hydrogen-bond donors (Lipinski definition) is 1. The molecule has 132 valence electrons. The largest absolute Gasteiger partial charge is 0.460 e. The summed E-state index contributed by atoms with van der Waals surface area (Å²) in [4.78, 5) is 13.6. The minimum Gasteiger partial charge on any atom is -0.460 e. The number of hydrogen-bond acceptors (Lipinski definition) is 5. The fourth-order valence-electron chi connectivity index (χ4n) is 2.98. The first-order chi connectivity index (χ1) is 12.1. The van der Waals surface area contributed by atoms with Crippen LogP contribution in [0.2, 0.25) is 0 Å². The van der Waals surface area contributed by atoms with Crippen LogP contribution in [0.1, 0.15) is 47.8 Å². The number of esters is 1. The Morgan fingerprint density at radius 2 is 2.04 bits per heavy atom. The molecule has 1 N–H and O–H groups in total. The van der Waals surface area contributed by atoms with Gasteiger partial charge in [0.2, 0.25) is 5.76 Å². The molecule has 0 amide bonds. The van der Waals surface area contributed by atoms with Gasteiger partial charge in [0, 0.05) is 28.4 Å². The average Bonchev–Trinajstić information content (AvgIpc) is 3.23. The summed E-state index contributed by atoms with van der Waals surface area (Å²) >= 11 is 1.74. The Bertz CT molecular complexity index is 836. The van der Waals surface area contributed by atoms with E-state index in [0.29, 0.717) is 30.4 Å². The number of fused-ring (bicyclic) bond motifs is 1. The molecule has 0 spiro atoms. The first-order valence-electron chi connectivity index (χ1n) is 8.56. The number of benzene rings is 1. The Hall–Kier alpha value is -2.11. The van der Waals surface area contributed by atoms with Crippen LogP contribution < -0.4 is 5.32 Å². The molecule has 5 heteroatoms. The second kappa shape index (κ2) is 7.85. The lowest BCUT2D eigenvalue weighted by atomic mass is 10.0. The molecule has 4 nitrogen and oxygen atoms in total. The molecular weight excluding hydrogens is 334 g/mol. The van der Waals surface area contributed by atoms with Gasteiger partial charge in [0.25, 0.3) is 0 Å². The van der Waals surface area contributed by atoms with Crippen molar-refractivity contribution in [3.63, 3.8) is 0 Å². The van der Waals surface area contributed by atoms with Crippen molar-refractivity contribution in [1.29, 1.82) is 0 Å². The van der Waals surface area contributed by atoms with E-state index in [9.17, 15) is 4.79 Å². The van der Waals surface area contributed by atoms with Crippen molar-refractivity contribution in [2.45, 2.75) is 33.4 Å². The number of rotatable bonds is 7. The molecule has 0 aliphatic carbocycles. The normalized spacial score (nSPS) is 12.6. The summed E-state index contributed by atoms with van der Waals surface area (Å²) in [6.07, 6.45) is 0. The van der Waals surface area contributed by atoms with Crippen molar-refractivity contribution >= 4 is 28.3 Å². The second-order valence-electron chi connectivity index (χ2n) is 6.24. The van der Waals surface area contributed by atoms with Crippen molar-refractivity contribution < 1.29 is 13.9 Å². The number of thiophene rings is 1. The highest BCUT2D eigenvalue weighted by atomic mass is 32.1. The molecule has 2 heterocycles. The summed E-state index contributed by atoms with van der Waals surface area (Å²) in [5, 5.41) is 6.63. The molecule has 0 saturated carbocycles. The smallest absolute Gasteiger partial charge is 0.374 e. The van der Waals surface area contributed by atoms with E-state index in [-0.39, 0.29) is 6.04 Å². The summed E-state index contributed by atoms with van der Waals surface area (Å²) in [5.41, 5.74) is 1.57. The van der Waals surface area contributed by atoms with E-state index in [1.807, 2.05) is 24.3 Å². The van der Waals surface area contributed by atoms with Gasteiger partial charge in [-0.25, -0.2) is 4.79 Å². The van der Waals surface area contributed by atoms with Crippen molar-refractivity contribution in [1.82, 2.24) is 5.32 Å². The third kappa shape index (κ3) is 3.78. The van der Waals surface area contributed by atoms with Crippen molar-refractivity contribution in [3.05, 3.63) is 58.0 Å². The SMILES string of the molecule is CCOC(=O)c1oc2ccccc2c1CN[C@H](c1cccs1)C(C)C. The van der Waals surface area contributed by atoms with E-state index in [1.165, 1.54) is 4.88 Å². The number of ether oxygens (including phenoxy) is 1. The molecule has 1 aromatic carbocycles. The van der Waals surface area contributed by atoms with Gasteiger partial charge >= 0.3 is 5.97 Å². The monoisotopic (exact) mass is 357 g/mol. The van der Waals surface area contributed by atoms with Crippen LogP contribution in [-0.2, 0) is 11.3 Å². The Kier molecular flexibility index (Phi) is 5.56. The zero-order valence-electron chi connectivity index (χ0n) is 14.7. The van der Waals surface area contributed by atoms with Crippen LogP contribution in [0.4, 0.5) is 0 Å². The lowest BCUT2D eigenvalue weighted by molar-refractivity contribution is 0.0490. The molecule has 3 rings (SSSR count). The Labute approximate surface area is 151 Å². The van der Waals surface area contributed by atoms with Gasteiger partial charge in [0.1, 0.15) is 5.58 Å². The molecule has 0 aliphatic rings. The summed E-state index contributed by atoms with van der Waals surface area (Å²) in [7, 11) is 0. The van der Waals surface area contributed by atoms with E-state index >= 15 is 0 Å². The predicted octanol–water partition coefficient (Wildman–Crippen LogP) is 5.16. The second-order valence-corrected chi connectivity index (χ2v) is 7.22. The van der Waals surface area contributed by atoms with E-state index in [4.69, 9.17) is 9.15 Å². The zero-order valence-corrected chi connectivity index (χ0v) is 15.6. The minimum atomic E-state index is -0.410. The molecule has 0 radical (unpaired) electrons. The Morgan fingerprint density at radius 1 is 1.24 bits per heavy atom. The molecule has 0 saturated heterocycles. The van der Waals surface area contributed by atoms with Gasteiger partial charge in [-0.3, -0.25) is 0 Å². The van der Waals surface area contributed by atoms with Gasteiger partial charge in [-0.2, -0.15) is 0 Å². The first-order valence-corrected chi connectivity index (χ1v) is 9.44. The molecule has 2 aromatic heterocycles. The third-order valence-electron chi connectivity index (χ3n) is 4.17. The number of nitrogens with one attached hydrogen (secondary N) is 1. The number of para-hydroxylation sites is 1. The fourth-order valence-corrected chi connectivity index (χ4v) is 3.95. The summed E-state index contributed by atoms with van der Waals surface area (Å²) < 4.78 is 11.0. The fraction of sp³-hybridized carbons (Fsp3) is 0.350. The Morgan fingerprint density at radius 3 is 2.72 bits per heavy atom. The van der Waals surface area contributed by atoms with Crippen LogP contribution in [0, 0.1) is 5.92 Å². The van der Waals surface area contributed by atoms with Gasteiger partial charge in [-0.15, -0.1) is 11.3 Å². The van der Waals surface area contributed by atoms with Gasteiger partial charge in [-0.05, 0) is 30.4 Å². The maximum absolute atomic E-state index is 12.3. The van der Waals surface area contributed by atoms with E-state index < -0.39 is 5.97 Å². The molecule has 1 atom stereocenters. The van der Waals surface area contributed by atoms with E-state index in [1.54, 1.807) is 18.3 Å². The van der Waals surface area contributed by atoms with Crippen molar-refractivity contribution in [2.24, 2.45) is 5.92 Å². The Balaban J connectivity index is 1.91. The summed E-state index contributed by atoms with van der Waals surface area (Å²) in [6.45, 7) is 7.05. The van der Waals surface area contributed by atoms with Crippen molar-refractivity contribution in [2.75, 3.05) is 6.61 Å². The maximum atomic E-state index is 12.3. The lowest BCUT2D eigenvalue weighted by Crippen LogP contribution is -2.25. The number of carbonyl (C=O) groups excluding carboxylic acids is 1. The summed E-state index contributed by atoms with van der Waals surface area (Å²) in [5.74, 6) is 0.319. The van der Waals surface area contributed by atoms with Gasteiger partial charge in [0.15, 0.2) is 0 Å². The highest BCUT2D eigenvalue weighted by Gasteiger charge is 2.23. The lowest BCUT2D eigenvalue weighted by Gasteiger charge is -2.21. The van der Waals surface area contributed by atoms with Gasteiger partial charge in [0.05, 0.1) is 6.61 Å². The van der Waals surface area contributed by atoms with Gasteiger partial charge in [-0.1, -0.05) is 38.1 Å². The maximum Gasteiger partial charge on any atom is 0.374 e. The quantitative estimate of drug-likeness (QED) is 0.594. The molecule has 3 aromatic rings. The van der Waals surface area contributed by atoms with Crippen LogP contribution in [0.5, 0.6) is 0 Å². The topological polar surface area (TPSA) is 51.5 Å². The molecule has 0 aliphatic heterocycles. The molecule has 0 bridgehead atoms. The molecule has 25 heavy (non-hydrogen) atoms.